The average molecular weight is 320 g/mol. The van der Waals surface area contributed by atoms with E-state index in [4.69, 9.17) is 9.15 Å². The van der Waals surface area contributed by atoms with Crippen LogP contribution in [0.15, 0.2) is 47.1 Å². The van der Waals surface area contributed by atoms with E-state index >= 15 is 0 Å². The van der Waals surface area contributed by atoms with Crippen LogP contribution in [0.2, 0.25) is 0 Å². The highest BCUT2D eigenvalue weighted by Crippen LogP contribution is 2.12. The zero-order chi connectivity index (χ0) is 16.7. The van der Waals surface area contributed by atoms with E-state index in [1.165, 1.54) is 37.5 Å². The van der Waals surface area contributed by atoms with Crippen LogP contribution in [0.5, 0.6) is 5.75 Å². The van der Waals surface area contributed by atoms with Gasteiger partial charge in [0.15, 0.2) is 6.10 Å². The van der Waals surface area contributed by atoms with Crippen molar-refractivity contribution in [2.45, 2.75) is 25.9 Å². The van der Waals surface area contributed by atoms with E-state index in [-0.39, 0.29) is 12.3 Å². The van der Waals surface area contributed by atoms with Crippen molar-refractivity contribution in [1.29, 1.82) is 0 Å². The van der Waals surface area contributed by atoms with Crippen LogP contribution in [-0.2, 0) is 16.0 Å². The standard InChI is InChI=1S/C16H17FN2O4/c1-11(23-14-6-4-12(17)5-7-14)16(21)19-18-15(20)9-8-13-3-2-10-22-13/h2-7,10-11H,8-9H2,1H3,(H,18,20)(H,19,21)/t11-/m1/s1. The highest BCUT2D eigenvalue weighted by molar-refractivity contribution is 5.84. The highest BCUT2D eigenvalue weighted by Gasteiger charge is 2.15. The Balaban J connectivity index is 1.70. The fourth-order valence-corrected chi connectivity index (χ4v) is 1.76. The molecular formula is C16H17FN2O4. The quantitative estimate of drug-likeness (QED) is 0.797. The van der Waals surface area contributed by atoms with Crippen LogP contribution in [0.3, 0.4) is 0 Å². The topological polar surface area (TPSA) is 80.6 Å². The van der Waals surface area contributed by atoms with Crippen molar-refractivity contribution in [3.63, 3.8) is 0 Å². The number of furan rings is 1. The van der Waals surface area contributed by atoms with Crippen molar-refractivity contribution in [2.75, 3.05) is 0 Å². The van der Waals surface area contributed by atoms with Gasteiger partial charge in [0.2, 0.25) is 5.91 Å². The molecule has 0 bridgehead atoms. The Labute approximate surface area is 132 Å². The molecule has 0 aliphatic rings. The SMILES string of the molecule is C[C@@H](Oc1ccc(F)cc1)C(=O)NNC(=O)CCc1ccco1. The molecule has 2 rings (SSSR count). The Kier molecular flexibility index (Phi) is 5.74. The van der Waals surface area contributed by atoms with Crippen molar-refractivity contribution in [3.8, 4) is 5.75 Å². The molecule has 1 aromatic heterocycles. The Hall–Kier alpha value is -2.83. The zero-order valence-electron chi connectivity index (χ0n) is 12.5. The second-order valence-electron chi connectivity index (χ2n) is 4.83. The molecule has 0 aliphatic carbocycles. The van der Waals surface area contributed by atoms with Crippen molar-refractivity contribution in [3.05, 3.63) is 54.2 Å². The second-order valence-corrected chi connectivity index (χ2v) is 4.83. The van der Waals surface area contributed by atoms with Crippen molar-refractivity contribution in [2.24, 2.45) is 0 Å². The number of hydrogen-bond donors (Lipinski definition) is 2. The number of benzene rings is 1. The molecule has 2 aromatic rings. The number of nitrogens with one attached hydrogen (secondary N) is 2. The molecule has 1 aromatic carbocycles. The molecule has 23 heavy (non-hydrogen) atoms. The van der Waals surface area contributed by atoms with Gasteiger partial charge in [-0.3, -0.25) is 20.4 Å². The zero-order valence-corrected chi connectivity index (χ0v) is 12.5. The van der Waals surface area contributed by atoms with Gasteiger partial charge in [-0.05, 0) is 43.3 Å². The van der Waals surface area contributed by atoms with Crippen LogP contribution in [0.1, 0.15) is 19.1 Å². The minimum Gasteiger partial charge on any atom is -0.481 e. The molecule has 0 saturated heterocycles. The van der Waals surface area contributed by atoms with Gasteiger partial charge in [-0.1, -0.05) is 0 Å². The number of hydrazine groups is 1. The van der Waals surface area contributed by atoms with E-state index in [0.29, 0.717) is 17.9 Å². The van der Waals surface area contributed by atoms with Crippen molar-refractivity contribution in [1.82, 2.24) is 10.9 Å². The summed E-state index contributed by atoms with van der Waals surface area (Å²) >= 11 is 0. The number of carbonyl (C=O) groups excluding carboxylic acids is 2. The van der Waals surface area contributed by atoms with Gasteiger partial charge in [-0.25, -0.2) is 4.39 Å². The lowest BCUT2D eigenvalue weighted by molar-refractivity contribution is -0.132. The van der Waals surface area contributed by atoms with Crippen molar-refractivity contribution >= 4 is 11.8 Å². The summed E-state index contributed by atoms with van der Waals surface area (Å²) in [4.78, 5) is 23.4. The molecule has 1 atom stereocenters. The molecule has 122 valence electrons. The number of aryl methyl sites for hydroxylation is 1. The number of amides is 2. The lowest BCUT2D eigenvalue weighted by Crippen LogP contribution is -2.47. The number of hydrogen-bond acceptors (Lipinski definition) is 4. The van der Waals surface area contributed by atoms with E-state index in [9.17, 15) is 14.0 Å². The molecular weight excluding hydrogens is 303 g/mol. The third-order valence-corrected chi connectivity index (χ3v) is 3.00. The predicted octanol–water partition coefficient (Wildman–Crippen LogP) is 1.97. The Morgan fingerprint density at radius 2 is 1.96 bits per heavy atom. The highest BCUT2D eigenvalue weighted by atomic mass is 19.1. The maximum atomic E-state index is 12.8. The molecule has 0 saturated carbocycles. The minimum absolute atomic E-state index is 0.182. The van der Waals surface area contributed by atoms with Gasteiger partial charge in [0.25, 0.3) is 5.91 Å². The first-order valence-corrected chi connectivity index (χ1v) is 7.08. The van der Waals surface area contributed by atoms with E-state index in [0.717, 1.165) is 0 Å². The summed E-state index contributed by atoms with van der Waals surface area (Å²) in [5.41, 5.74) is 4.58. The van der Waals surface area contributed by atoms with Crippen LogP contribution in [0, 0.1) is 5.82 Å². The van der Waals surface area contributed by atoms with Gasteiger partial charge in [0.1, 0.15) is 17.3 Å². The number of carbonyl (C=O) groups is 2. The molecule has 0 fully saturated rings. The monoisotopic (exact) mass is 320 g/mol. The summed E-state index contributed by atoms with van der Waals surface area (Å²) in [5.74, 6) is -0.194. The molecule has 0 aliphatic heterocycles. The van der Waals surface area contributed by atoms with Crippen LogP contribution in [0.25, 0.3) is 0 Å². The molecule has 0 radical (unpaired) electrons. The fourth-order valence-electron chi connectivity index (χ4n) is 1.76. The largest absolute Gasteiger partial charge is 0.481 e. The predicted molar refractivity (Wildman–Crippen MR) is 79.8 cm³/mol. The summed E-state index contributed by atoms with van der Waals surface area (Å²) in [6.45, 7) is 1.52. The minimum atomic E-state index is -0.842. The Morgan fingerprint density at radius 3 is 2.61 bits per heavy atom. The Bertz CT molecular complexity index is 641. The summed E-state index contributed by atoms with van der Waals surface area (Å²) in [6, 6.07) is 8.81. The fraction of sp³-hybridized carbons (Fsp3) is 0.250. The van der Waals surface area contributed by atoms with Gasteiger partial charge >= 0.3 is 0 Å². The van der Waals surface area contributed by atoms with E-state index < -0.39 is 17.8 Å². The molecule has 2 N–H and O–H groups in total. The van der Waals surface area contributed by atoms with E-state index in [2.05, 4.69) is 10.9 Å². The third kappa shape index (κ3) is 5.46. The normalized spacial score (nSPS) is 11.6. The summed E-state index contributed by atoms with van der Waals surface area (Å²) < 4.78 is 23.2. The molecule has 7 heteroatoms. The van der Waals surface area contributed by atoms with E-state index in [1.54, 1.807) is 12.1 Å². The molecule has 0 spiro atoms. The van der Waals surface area contributed by atoms with E-state index in [1.807, 2.05) is 0 Å². The molecule has 2 amide bonds. The third-order valence-electron chi connectivity index (χ3n) is 3.00. The summed E-state index contributed by atoms with van der Waals surface area (Å²) in [6.07, 6.45) is 1.31. The van der Waals surface area contributed by atoms with Crippen LogP contribution in [0.4, 0.5) is 4.39 Å². The maximum Gasteiger partial charge on any atom is 0.279 e. The summed E-state index contributed by atoms with van der Waals surface area (Å²) in [7, 11) is 0. The van der Waals surface area contributed by atoms with Gasteiger partial charge in [-0.2, -0.15) is 0 Å². The van der Waals surface area contributed by atoms with Gasteiger partial charge in [0, 0.05) is 12.8 Å². The average Bonchev–Trinajstić information content (AvgIpc) is 3.06. The lowest BCUT2D eigenvalue weighted by Gasteiger charge is -2.15. The van der Waals surface area contributed by atoms with Gasteiger partial charge in [0.05, 0.1) is 6.26 Å². The molecule has 0 unspecified atom stereocenters. The number of ether oxygens (including phenoxy) is 1. The number of rotatable bonds is 6. The van der Waals surface area contributed by atoms with Crippen LogP contribution in [-0.4, -0.2) is 17.9 Å². The Morgan fingerprint density at radius 1 is 1.22 bits per heavy atom. The maximum absolute atomic E-state index is 12.8. The van der Waals surface area contributed by atoms with Gasteiger partial charge in [-0.15, -0.1) is 0 Å². The van der Waals surface area contributed by atoms with Crippen LogP contribution < -0.4 is 15.6 Å². The first-order valence-electron chi connectivity index (χ1n) is 7.08. The second kappa shape index (κ2) is 7.98. The van der Waals surface area contributed by atoms with Crippen molar-refractivity contribution < 1.29 is 23.1 Å². The first kappa shape index (κ1) is 16.5. The molecule has 6 nitrogen and oxygen atoms in total. The first-order chi connectivity index (χ1) is 11.0. The van der Waals surface area contributed by atoms with Gasteiger partial charge < -0.3 is 9.15 Å². The number of halogens is 1. The lowest BCUT2D eigenvalue weighted by atomic mass is 10.2. The summed E-state index contributed by atoms with van der Waals surface area (Å²) in [5, 5.41) is 0. The van der Waals surface area contributed by atoms with Crippen LogP contribution >= 0.6 is 0 Å². The smallest absolute Gasteiger partial charge is 0.279 e. The molecule has 1 heterocycles.